The maximum absolute atomic E-state index is 12.5. The molecule has 0 spiro atoms. The molecule has 0 heterocycles. The Bertz CT molecular complexity index is 620. The molecule has 2 atom stereocenters. The Morgan fingerprint density at radius 3 is 2.04 bits per heavy atom. The van der Waals surface area contributed by atoms with Gasteiger partial charge in [-0.15, -0.1) is 0 Å². The first-order chi connectivity index (χ1) is 12.3. The fourth-order valence-electron chi connectivity index (χ4n) is 3.04. The fourth-order valence-corrected chi connectivity index (χ4v) is 3.04. The highest BCUT2D eigenvalue weighted by Crippen LogP contribution is 2.37. The Morgan fingerprint density at radius 1 is 1.00 bits per heavy atom. The third-order valence-electron chi connectivity index (χ3n) is 4.65. The van der Waals surface area contributed by atoms with Crippen LogP contribution in [0.25, 0.3) is 0 Å². The first kappa shape index (κ1) is 22.2. The first-order valence-electron chi connectivity index (χ1n) is 9.50. The highest BCUT2D eigenvalue weighted by Gasteiger charge is 2.40. The minimum atomic E-state index is -1.32. The van der Waals surface area contributed by atoms with Crippen molar-refractivity contribution in [3.8, 4) is 0 Å². The van der Waals surface area contributed by atoms with Crippen molar-refractivity contribution in [3.63, 3.8) is 0 Å². The zero-order valence-corrected chi connectivity index (χ0v) is 16.3. The lowest BCUT2D eigenvalue weighted by Crippen LogP contribution is -2.35. The molecule has 1 aliphatic rings. The van der Waals surface area contributed by atoms with Gasteiger partial charge in [0, 0.05) is 12.8 Å². The van der Waals surface area contributed by atoms with Gasteiger partial charge in [0.05, 0.1) is 23.2 Å². The van der Waals surface area contributed by atoms with Gasteiger partial charge in [-0.25, -0.2) is 0 Å². The summed E-state index contributed by atoms with van der Waals surface area (Å²) in [6.07, 6.45) is 4.06. The van der Waals surface area contributed by atoms with Crippen LogP contribution in [0.1, 0.15) is 72.6 Å². The van der Waals surface area contributed by atoms with Gasteiger partial charge >= 0.3 is 0 Å². The molecule has 0 saturated carbocycles. The molecule has 0 amide bonds. The van der Waals surface area contributed by atoms with Crippen molar-refractivity contribution >= 4 is 11.6 Å². The molecule has 0 aromatic carbocycles. The number of carbonyl (C=O) groups is 2. The van der Waals surface area contributed by atoms with Crippen molar-refractivity contribution < 1.29 is 24.9 Å². The lowest BCUT2D eigenvalue weighted by molar-refractivity contribution is -0.117. The van der Waals surface area contributed by atoms with Crippen LogP contribution in [0.15, 0.2) is 34.3 Å². The highest BCUT2D eigenvalue weighted by atomic mass is 16.3. The van der Waals surface area contributed by atoms with Gasteiger partial charge in [0.2, 0.25) is 0 Å². The van der Waals surface area contributed by atoms with Gasteiger partial charge in [0.25, 0.3) is 0 Å². The summed E-state index contributed by atoms with van der Waals surface area (Å²) in [7, 11) is 0. The molecule has 0 bridgehead atoms. The molecule has 146 valence electrons. The summed E-state index contributed by atoms with van der Waals surface area (Å²) in [5.74, 6) is -2.43. The van der Waals surface area contributed by atoms with Gasteiger partial charge in [-0.2, -0.15) is 0 Å². The van der Waals surface area contributed by atoms with E-state index in [1.807, 2.05) is 33.8 Å². The lowest BCUT2D eigenvalue weighted by atomic mass is 9.78. The Kier molecular flexibility index (Phi) is 8.79. The summed E-state index contributed by atoms with van der Waals surface area (Å²) in [6.45, 7) is 7.68. The molecule has 0 fully saturated rings. The number of Topliss-reactive ketones (excluding diaryl/α,β-unsaturated/α-hetero) is 2. The van der Waals surface area contributed by atoms with E-state index in [0.717, 1.165) is 18.4 Å². The number of unbranched alkanes of at least 4 members (excludes halogenated alkanes) is 2. The molecular weight excluding hydrogens is 332 g/mol. The van der Waals surface area contributed by atoms with Crippen LogP contribution in [0.5, 0.6) is 0 Å². The molecule has 3 N–H and O–H groups in total. The standard InChI is InChI=1S/C21H32O5/c1-5-7-9-15(22)17-19(24)14(12-11-13(3)4)20(25)18(21(17)26)16(23)10-8-6-2/h11,14,19,24-26H,5-10,12H2,1-4H3. The molecule has 1 rings (SSSR count). The van der Waals surface area contributed by atoms with E-state index in [-0.39, 0.29) is 42.0 Å². The van der Waals surface area contributed by atoms with E-state index in [1.165, 1.54) is 0 Å². The Labute approximate surface area is 156 Å². The number of hydrogen-bond acceptors (Lipinski definition) is 5. The maximum Gasteiger partial charge on any atom is 0.170 e. The van der Waals surface area contributed by atoms with E-state index in [4.69, 9.17) is 0 Å². The van der Waals surface area contributed by atoms with Crippen LogP contribution >= 0.6 is 0 Å². The number of aliphatic hydroxyl groups excluding tert-OH is 3. The largest absolute Gasteiger partial charge is 0.511 e. The molecule has 0 saturated heterocycles. The minimum absolute atomic E-state index is 0.136. The zero-order valence-electron chi connectivity index (χ0n) is 16.3. The number of ketones is 2. The summed E-state index contributed by atoms with van der Waals surface area (Å²) in [6, 6.07) is 0. The molecule has 0 aromatic heterocycles. The third-order valence-corrected chi connectivity index (χ3v) is 4.65. The second-order valence-corrected chi connectivity index (χ2v) is 7.14. The van der Waals surface area contributed by atoms with Gasteiger partial charge in [-0.1, -0.05) is 38.3 Å². The quantitative estimate of drug-likeness (QED) is 0.497. The molecule has 26 heavy (non-hydrogen) atoms. The molecule has 1 aliphatic carbocycles. The summed E-state index contributed by atoms with van der Waals surface area (Å²) in [4.78, 5) is 25.1. The van der Waals surface area contributed by atoms with Crippen molar-refractivity contribution in [2.75, 3.05) is 0 Å². The van der Waals surface area contributed by atoms with Gasteiger partial charge in [-0.3, -0.25) is 9.59 Å². The monoisotopic (exact) mass is 364 g/mol. The zero-order chi connectivity index (χ0) is 19.9. The van der Waals surface area contributed by atoms with Crippen molar-refractivity contribution in [1.29, 1.82) is 0 Å². The van der Waals surface area contributed by atoms with Crippen molar-refractivity contribution in [1.82, 2.24) is 0 Å². The van der Waals surface area contributed by atoms with E-state index in [0.29, 0.717) is 12.8 Å². The van der Waals surface area contributed by atoms with Crippen LogP contribution in [0.2, 0.25) is 0 Å². The minimum Gasteiger partial charge on any atom is -0.511 e. The molecule has 2 unspecified atom stereocenters. The number of aliphatic hydroxyl groups is 3. The van der Waals surface area contributed by atoms with E-state index in [9.17, 15) is 24.9 Å². The van der Waals surface area contributed by atoms with E-state index >= 15 is 0 Å². The first-order valence-corrected chi connectivity index (χ1v) is 9.50. The summed E-state index contributed by atoms with van der Waals surface area (Å²) in [5.41, 5.74) is 0.667. The van der Waals surface area contributed by atoms with Crippen LogP contribution in [0.3, 0.4) is 0 Å². The number of allylic oxidation sites excluding steroid dienone is 3. The lowest BCUT2D eigenvalue weighted by Gasteiger charge is -2.30. The average molecular weight is 364 g/mol. The van der Waals surface area contributed by atoms with Gasteiger partial charge in [0.15, 0.2) is 11.6 Å². The predicted molar refractivity (Wildman–Crippen MR) is 102 cm³/mol. The molecule has 5 nitrogen and oxygen atoms in total. The topological polar surface area (TPSA) is 94.8 Å². The van der Waals surface area contributed by atoms with E-state index in [2.05, 4.69) is 0 Å². The normalized spacial score (nSPS) is 20.3. The number of rotatable bonds is 10. The number of hydrogen-bond donors (Lipinski definition) is 3. The van der Waals surface area contributed by atoms with Crippen LogP contribution in [-0.4, -0.2) is 33.0 Å². The van der Waals surface area contributed by atoms with Crippen LogP contribution in [0.4, 0.5) is 0 Å². The summed E-state index contributed by atoms with van der Waals surface area (Å²) < 4.78 is 0. The maximum atomic E-state index is 12.5. The Hall–Kier alpha value is -1.88. The van der Waals surface area contributed by atoms with E-state index < -0.39 is 23.6 Å². The molecule has 0 aromatic rings. The Morgan fingerprint density at radius 2 is 1.54 bits per heavy atom. The van der Waals surface area contributed by atoms with Crippen LogP contribution < -0.4 is 0 Å². The SMILES string of the molecule is CCCCC(=O)C1=C(O)C(CC=C(C)C)C(O)C(C(=O)CCCC)=C1O. The number of carbonyl (C=O) groups excluding carboxylic acids is 2. The molecular formula is C21H32O5. The van der Waals surface area contributed by atoms with Crippen molar-refractivity contribution in [3.05, 3.63) is 34.3 Å². The fraction of sp³-hybridized carbons (Fsp3) is 0.619. The van der Waals surface area contributed by atoms with E-state index in [1.54, 1.807) is 0 Å². The second kappa shape index (κ2) is 10.3. The predicted octanol–water partition coefficient (Wildman–Crippen LogP) is 4.48. The highest BCUT2D eigenvalue weighted by molar-refractivity contribution is 6.05. The average Bonchev–Trinajstić information content (AvgIpc) is 2.57. The van der Waals surface area contributed by atoms with Gasteiger partial charge in [-0.05, 0) is 33.1 Å². The molecule has 0 radical (unpaired) electrons. The van der Waals surface area contributed by atoms with Crippen LogP contribution in [-0.2, 0) is 9.59 Å². The van der Waals surface area contributed by atoms with Crippen molar-refractivity contribution in [2.24, 2.45) is 5.92 Å². The third kappa shape index (κ3) is 5.31. The summed E-state index contributed by atoms with van der Waals surface area (Å²) in [5, 5.41) is 31.8. The smallest absolute Gasteiger partial charge is 0.170 e. The van der Waals surface area contributed by atoms with Crippen molar-refractivity contribution in [2.45, 2.75) is 78.7 Å². The summed E-state index contributed by atoms with van der Waals surface area (Å²) >= 11 is 0. The Balaban J connectivity index is 3.36. The molecule has 5 heteroatoms. The van der Waals surface area contributed by atoms with Crippen LogP contribution in [0, 0.1) is 5.92 Å². The van der Waals surface area contributed by atoms with Gasteiger partial charge < -0.3 is 15.3 Å². The molecule has 0 aliphatic heterocycles. The van der Waals surface area contributed by atoms with Gasteiger partial charge in [0.1, 0.15) is 11.5 Å². The second-order valence-electron chi connectivity index (χ2n) is 7.14.